The second kappa shape index (κ2) is 6.78. The summed E-state index contributed by atoms with van der Waals surface area (Å²) in [6, 6.07) is 7.41. The Hall–Kier alpha value is -2.42. The molecule has 1 aliphatic carbocycles. The molecule has 0 amide bonds. The van der Waals surface area contributed by atoms with E-state index in [1.54, 1.807) is 11.6 Å². The van der Waals surface area contributed by atoms with Gasteiger partial charge >= 0.3 is 0 Å². The number of aromatic nitrogens is 4. The second-order valence-electron chi connectivity index (χ2n) is 5.20. The van der Waals surface area contributed by atoms with Gasteiger partial charge in [0, 0.05) is 0 Å². The monoisotopic (exact) mass is 332 g/mol. The van der Waals surface area contributed by atoms with E-state index in [-0.39, 0.29) is 5.25 Å². The Bertz CT molecular complexity index is 740. The third kappa shape index (κ3) is 3.19. The van der Waals surface area contributed by atoms with Crippen LogP contribution in [0.3, 0.4) is 0 Å². The van der Waals surface area contributed by atoms with Gasteiger partial charge in [-0.1, -0.05) is 34.2 Å². The van der Waals surface area contributed by atoms with Crippen LogP contribution in [0.2, 0.25) is 0 Å². The van der Waals surface area contributed by atoms with E-state index in [0.717, 1.165) is 36.2 Å². The highest BCUT2D eigenvalue weighted by Crippen LogP contribution is 2.32. The van der Waals surface area contributed by atoms with Crippen molar-refractivity contribution in [2.75, 3.05) is 0 Å². The summed E-state index contributed by atoms with van der Waals surface area (Å²) in [5, 5.41) is 37.0. The molecule has 23 heavy (non-hydrogen) atoms. The Balaban J connectivity index is 1.83. The Kier molecular flexibility index (Phi) is 4.56. The number of oxime groups is 2. The SMILES string of the molecule is C/C(=N\O)c1ccc(-n2nnnc2SC2CCC/C2=N\O)cc1. The zero-order chi connectivity index (χ0) is 16.2. The van der Waals surface area contributed by atoms with Crippen LogP contribution in [0.5, 0.6) is 0 Å². The molecular weight excluding hydrogens is 316 g/mol. The van der Waals surface area contributed by atoms with Crippen LogP contribution in [0.1, 0.15) is 31.7 Å². The van der Waals surface area contributed by atoms with E-state index in [9.17, 15) is 0 Å². The number of thioether (sulfide) groups is 1. The molecule has 0 radical (unpaired) electrons. The van der Waals surface area contributed by atoms with Gasteiger partial charge in [0.2, 0.25) is 5.16 Å². The molecule has 0 saturated heterocycles. The highest BCUT2D eigenvalue weighted by Gasteiger charge is 2.26. The van der Waals surface area contributed by atoms with Gasteiger partial charge in [-0.15, -0.1) is 5.10 Å². The number of tetrazole rings is 1. The van der Waals surface area contributed by atoms with Crippen LogP contribution in [0, 0.1) is 0 Å². The average Bonchev–Trinajstić information content (AvgIpc) is 3.23. The summed E-state index contributed by atoms with van der Waals surface area (Å²) < 4.78 is 1.65. The maximum absolute atomic E-state index is 9.04. The molecule has 1 atom stereocenters. The number of nitrogens with zero attached hydrogens (tertiary/aromatic N) is 6. The first kappa shape index (κ1) is 15.5. The minimum absolute atomic E-state index is 0.104. The zero-order valence-electron chi connectivity index (χ0n) is 12.5. The smallest absolute Gasteiger partial charge is 0.214 e. The lowest BCUT2D eigenvalue weighted by Gasteiger charge is -2.09. The molecule has 0 bridgehead atoms. The molecule has 9 heteroatoms. The first-order valence-corrected chi connectivity index (χ1v) is 8.06. The Labute approximate surface area is 136 Å². The zero-order valence-corrected chi connectivity index (χ0v) is 13.3. The van der Waals surface area contributed by atoms with Crippen molar-refractivity contribution in [1.82, 2.24) is 20.2 Å². The van der Waals surface area contributed by atoms with Gasteiger partial charge in [-0.25, -0.2) is 0 Å². The standard InChI is InChI=1S/C14H16N6O2S/c1-9(16-21)10-5-7-11(8-6-10)20-14(15-18-19-20)23-13-4-2-3-12(13)17-22/h5-8,13,21-22H,2-4H2,1H3/b16-9+,17-12+. The fourth-order valence-corrected chi connectivity index (χ4v) is 3.65. The second-order valence-corrected chi connectivity index (χ2v) is 6.37. The summed E-state index contributed by atoms with van der Waals surface area (Å²) in [6.07, 6.45) is 2.76. The van der Waals surface area contributed by atoms with Crippen LogP contribution in [0.4, 0.5) is 0 Å². The van der Waals surface area contributed by atoms with Gasteiger partial charge in [0.25, 0.3) is 0 Å². The maximum atomic E-state index is 9.04. The van der Waals surface area contributed by atoms with Crippen molar-refractivity contribution in [2.24, 2.45) is 10.3 Å². The maximum Gasteiger partial charge on any atom is 0.214 e. The first-order chi connectivity index (χ1) is 11.2. The van der Waals surface area contributed by atoms with Gasteiger partial charge in [0.1, 0.15) is 0 Å². The van der Waals surface area contributed by atoms with Gasteiger partial charge in [0.05, 0.1) is 22.4 Å². The molecule has 1 heterocycles. The summed E-state index contributed by atoms with van der Waals surface area (Å²) in [7, 11) is 0. The molecule has 2 aromatic rings. The predicted octanol–water partition coefficient (Wildman–Crippen LogP) is 2.34. The van der Waals surface area contributed by atoms with Crippen molar-refractivity contribution in [3.05, 3.63) is 29.8 Å². The minimum Gasteiger partial charge on any atom is -0.411 e. The van der Waals surface area contributed by atoms with Gasteiger partial charge in [-0.05, 0) is 54.3 Å². The molecule has 1 unspecified atom stereocenters. The topological polar surface area (TPSA) is 109 Å². The largest absolute Gasteiger partial charge is 0.411 e. The summed E-state index contributed by atoms with van der Waals surface area (Å²) in [6.45, 7) is 1.73. The molecule has 1 fully saturated rings. The normalized spacial score (nSPS) is 20.3. The van der Waals surface area contributed by atoms with Crippen LogP contribution in [-0.4, -0.2) is 47.3 Å². The Morgan fingerprint density at radius 3 is 2.78 bits per heavy atom. The molecule has 1 aromatic carbocycles. The lowest BCUT2D eigenvalue weighted by atomic mass is 10.1. The molecule has 1 saturated carbocycles. The summed E-state index contributed by atoms with van der Waals surface area (Å²) in [4.78, 5) is 0. The Morgan fingerprint density at radius 1 is 1.30 bits per heavy atom. The average molecular weight is 332 g/mol. The fraction of sp³-hybridized carbons (Fsp3) is 0.357. The lowest BCUT2D eigenvalue weighted by Crippen LogP contribution is -2.11. The van der Waals surface area contributed by atoms with E-state index in [1.807, 2.05) is 24.3 Å². The van der Waals surface area contributed by atoms with Crippen LogP contribution in [-0.2, 0) is 0 Å². The summed E-state index contributed by atoms with van der Waals surface area (Å²) >= 11 is 1.50. The van der Waals surface area contributed by atoms with Crippen LogP contribution in [0.15, 0.2) is 39.7 Å². The van der Waals surface area contributed by atoms with E-state index < -0.39 is 0 Å². The van der Waals surface area contributed by atoms with E-state index >= 15 is 0 Å². The molecule has 1 aromatic heterocycles. The van der Waals surface area contributed by atoms with Gasteiger partial charge < -0.3 is 10.4 Å². The molecule has 0 aliphatic heterocycles. The van der Waals surface area contributed by atoms with Crippen LogP contribution in [0.25, 0.3) is 5.69 Å². The van der Waals surface area contributed by atoms with E-state index in [2.05, 4.69) is 25.8 Å². The highest BCUT2D eigenvalue weighted by molar-refractivity contribution is 8.00. The molecule has 2 N–H and O–H groups in total. The lowest BCUT2D eigenvalue weighted by molar-refractivity contribution is 0.317. The number of benzene rings is 1. The van der Waals surface area contributed by atoms with Crippen LogP contribution < -0.4 is 0 Å². The third-order valence-electron chi connectivity index (χ3n) is 3.77. The van der Waals surface area contributed by atoms with Crippen molar-refractivity contribution in [3.63, 3.8) is 0 Å². The van der Waals surface area contributed by atoms with Crippen molar-refractivity contribution in [1.29, 1.82) is 0 Å². The van der Waals surface area contributed by atoms with Gasteiger partial charge in [0.15, 0.2) is 0 Å². The molecule has 3 rings (SSSR count). The number of hydrogen-bond acceptors (Lipinski definition) is 8. The highest BCUT2D eigenvalue weighted by atomic mass is 32.2. The van der Waals surface area contributed by atoms with Crippen LogP contribution >= 0.6 is 11.8 Å². The van der Waals surface area contributed by atoms with Crippen molar-refractivity contribution < 1.29 is 10.4 Å². The molecule has 0 spiro atoms. The van der Waals surface area contributed by atoms with E-state index in [0.29, 0.717) is 10.9 Å². The van der Waals surface area contributed by atoms with Gasteiger partial charge in [-0.2, -0.15) is 4.68 Å². The minimum atomic E-state index is 0.104. The molecule has 1 aliphatic rings. The van der Waals surface area contributed by atoms with Crippen molar-refractivity contribution in [3.8, 4) is 5.69 Å². The van der Waals surface area contributed by atoms with Gasteiger partial charge in [-0.3, -0.25) is 0 Å². The first-order valence-electron chi connectivity index (χ1n) is 7.18. The molecule has 8 nitrogen and oxygen atoms in total. The number of hydrogen-bond donors (Lipinski definition) is 2. The Morgan fingerprint density at radius 2 is 2.09 bits per heavy atom. The van der Waals surface area contributed by atoms with Crippen molar-refractivity contribution >= 4 is 23.2 Å². The molecular formula is C14H16N6O2S. The molecule has 120 valence electrons. The van der Waals surface area contributed by atoms with E-state index in [1.165, 1.54) is 11.8 Å². The summed E-state index contributed by atoms with van der Waals surface area (Å²) in [5.41, 5.74) is 2.96. The summed E-state index contributed by atoms with van der Waals surface area (Å²) in [5.74, 6) is 0. The fourth-order valence-electron chi connectivity index (χ4n) is 2.48. The van der Waals surface area contributed by atoms with E-state index in [4.69, 9.17) is 10.4 Å². The quantitative estimate of drug-likeness (QED) is 0.505. The number of rotatable bonds is 4. The third-order valence-corrected chi connectivity index (χ3v) is 5.03. The predicted molar refractivity (Wildman–Crippen MR) is 85.9 cm³/mol. The van der Waals surface area contributed by atoms with Crippen molar-refractivity contribution in [2.45, 2.75) is 36.6 Å².